The van der Waals surface area contributed by atoms with Crippen molar-refractivity contribution in [3.05, 3.63) is 51.0 Å². The monoisotopic (exact) mass is 465 g/mol. The summed E-state index contributed by atoms with van der Waals surface area (Å²) >= 11 is 0. The molecule has 1 aliphatic rings. The molecular formula is C19H23N5O7S. The van der Waals surface area contributed by atoms with Crippen LogP contribution < -0.4 is 10.6 Å². The summed E-state index contributed by atoms with van der Waals surface area (Å²) in [6.45, 7) is 5.03. The van der Waals surface area contributed by atoms with Gasteiger partial charge in [0.2, 0.25) is 5.50 Å². The third-order valence-corrected chi connectivity index (χ3v) is 5.69. The Labute approximate surface area is 184 Å². The van der Waals surface area contributed by atoms with E-state index in [1.165, 1.54) is 18.2 Å². The molecule has 2 rings (SSSR count). The molecule has 2 atom stereocenters. The highest BCUT2D eigenvalue weighted by Gasteiger charge is 2.46. The first-order chi connectivity index (χ1) is 14.8. The number of ether oxygens (including phenoxy) is 1. The van der Waals surface area contributed by atoms with E-state index in [1.54, 1.807) is 20.8 Å². The van der Waals surface area contributed by atoms with Crippen molar-refractivity contribution in [2.45, 2.75) is 32.7 Å². The second-order valence-corrected chi connectivity index (χ2v) is 9.78. The number of sulfone groups is 1. The number of rotatable bonds is 8. The normalized spacial score (nSPS) is 17.6. The summed E-state index contributed by atoms with van der Waals surface area (Å²) in [4.78, 5) is 26.9. The van der Waals surface area contributed by atoms with Gasteiger partial charge in [-0.15, -0.1) is 0 Å². The van der Waals surface area contributed by atoms with E-state index in [1.807, 2.05) is 6.07 Å². The van der Waals surface area contributed by atoms with Gasteiger partial charge in [-0.05, 0) is 37.0 Å². The summed E-state index contributed by atoms with van der Waals surface area (Å²) in [7, 11) is -4.06. The molecule has 172 valence electrons. The maximum Gasteiger partial charge on any atom is 0.352 e. The molecule has 0 fully saturated rings. The van der Waals surface area contributed by atoms with Gasteiger partial charge in [-0.1, -0.05) is 19.9 Å². The maximum absolute atomic E-state index is 12.3. The Morgan fingerprint density at radius 3 is 2.56 bits per heavy atom. The van der Waals surface area contributed by atoms with Gasteiger partial charge in [-0.2, -0.15) is 5.26 Å². The van der Waals surface area contributed by atoms with E-state index in [4.69, 9.17) is 15.8 Å². The minimum atomic E-state index is -4.06. The average Bonchev–Trinajstić information content (AvgIpc) is 2.67. The van der Waals surface area contributed by atoms with Crippen LogP contribution in [0.3, 0.4) is 0 Å². The number of hydrogen-bond acceptors (Lipinski definition) is 10. The number of allylic oxidation sites excluding steroid dienone is 1. The largest absolute Gasteiger partial charge is 0.481 e. The van der Waals surface area contributed by atoms with Crippen LogP contribution in [0.2, 0.25) is 0 Å². The fourth-order valence-electron chi connectivity index (χ4n) is 3.09. The number of hydrazine groups is 1. The number of nitrogens with zero attached hydrogens (tertiary/aromatic N) is 4. The number of benzene rings is 1. The van der Waals surface area contributed by atoms with E-state index in [9.17, 15) is 28.4 Å². The predicted octanol–water partition coefficient (Wildman–Crippen LogP) is 1.40. The predicted molar refractivity (Wildman–Crippen MR) is 113 cm³/mol. The summed E-state index contributed by atoms with van der Waals surface area (Å²) in [5.74, 6) is 2.14. The lowest BCUT2D eigenvalue weighted by Gasteiger charge is -2.31. The fraction of sp³-hybridized carbons (Fsp3) is 0.421. The van der Waals surface area contributed by atoms with Crippen molar-refractivity contribution < 1.29 is 28.0 Å². The average molecular weight is 465 g/mol. The van der Waals surface area contributed by atoms with Crippen LogP contribution in [0.5, 0.6) is 5.75 Å². The highest BCUT2D eigenvalue weighted by Crippen LogP contribution is 2.31. The molecule has 13 heteroatoms. The van der Waals surface area contributed by atoms with Crippen LogP contribution >= 0.6 is 0 Å². The molecule has 0 aliphatic carbocycles. The Morgan fingerprint density at radius 1 is 1.47 bits per heavy atom. The Morgan fingerprint density at radius 2 is 2.09 bits per heavy atom. The van der Waals surface area contributed by atoms with Gasteiger partial charge >= 0.3 is 11.7 Å². The van der Waals surface area contributed by atoms with Crippen molar-refractivity contribution in [3.63, 3.8) is 0 Å². The molecule has 1 aromatic rings. The second kappa shape index (κ2) is 9.33. The summed E-state index contributed by atoms with van der Waals surface area (Å²) < 4.78 is 30.3. The minimum absolute atomic E-state index is 0.0121. The maximum atomic E-state index is 12.3. The van der Waals surface area contributed by atoms with Gasteiger partial charge in [-0.25, -0.2) is 24.3 Å². The SMILES string of the molecule is Cc1ccc(C#N)cc1OC1=C([N+](=O)[O-])C(C(CC(C)C)C(=O)O)=NC(S(C)(=O)=O)N1N. The summed E-state index contributed by atoms with van der Waals surface area (Å²) in [5, 5.41) is 31.3. The quantitative estimate of drug-likeness (QED) is 0.322. The van der Waals surface area contributed by atoms with Gasteiger partial charge in [0, 0.05) is 6.26 Å². The van der Waals surface area contributed by atoms with Crippen LogP contribution in [-0.4, -0.2) is 46.9 Å². The van der Waals surface area contributed by atoms with Crippen LogP contribution in [0, 0.1) is 40.2 Å². The number of nitriles is 1. The zero-order chi connectivity index (χ0) is 24.4. The zero-order valence-corrected chi connectivity index (χ0v) is 18.7. The number of carbonyl (C=O) groups is 1. The molecule has 1 aromatic carbocycles. The van der Waals surface area contributed by atoms with Gasteiger partial charge in [0.1, 0.15) is 17.4 Å². The standard InChI is InChI=1S/C19H23N5O7S/c1-10(2)7-13(18(25)26)15-16(24(27)28)17(23(21)19(22-15)32(4,29)30)31-14-8-12(9-20)6-5-11(14)3/h5-6,8,10,13,19H,7,21H2,1-4H3,(H,25,26). The molecule has 3 N–H and O–H groups in total. The molecule has 1 heterocycles. The first kappa shape index (κ1) is 24.8. The van der Waals surface area contributed by atoms with Crippen LogP contribution in [0.15, 0.2) is 34.8 Å². The lowest BCUT2D eigenvalue weighted by Crippen LogP contribution is -2.51. The lowest BCUT2D eigenvalue weighted by atomic mass is 9.90. The molecule has 32 heavy (non-hydrogen) atoms. The second-order valence-electron chi connectivity index (χ2n) is 7.70. The first-order valence-electron chi connectivity index (χ1n) is 9.38. The van der Waals surface area contributed by atoms with Crippen molar-refractivity contribution in [1.29, 1.82) is 5.26 Å². The number of carboxylic acids is 1. The molecule has 0 saturated heterocycles. The number of hydrogen-bond donors (Lipinski definition) is 2. The Kier molecular flexibility index (Phi) is 7.22. The summed E-state index contributed by atoms with van der Waals surface area (Å²) in [6.07, 6.45) is 0.774. The van der Waals surface area contributed by atoms with Crippen molar-refractivity contribution in [1.82, 2.24) is 5.01 Å². The van der Waals surface area contributed by atoms with Crippen LogP contribution in [-0.2, 0) is 14.6 Å². The third-order valence-electron chi connectivity index (χ3n) is 4.59. The highest BCUT2D eigenvalue weighted by molar-refractivity contribution is 7.91. The van der Waals surface area contributed by atoms with Gasteiger partial charge in [0.25, 0.3) is 5.88 Å². The van der Waals surface area contributed by atoms with Crippen molar-refractivity contribution >= 4 is 21.5 Å². The van der Waals surface area contributed by atoms with Crippen molar-refractivity contribution in [2.75, 3.05) is 6.26 Å². The van der Waals surface area contributed by atoms with E-state index in [0.717, 1.165) is 6.26 Å². The van der Waals surface area contributed by atoms with Crippen LogP contribution in [0.1, 0.15) is 31.4 Å². The number of nitro groups is 1. The fourth-order valence-corrected chi connectivity index (χ4v) is 3.90. The number of nitrogens with two attached hydrogens (primary N) is 1. The summed E-state index contributed by atoms with van der Waals surface area (Å²) in [6, 6.07) is 6.24. The topological polar surface area (TPSA) is 189 Å². The Bertz CT molecular complexity index is 1150. The van der Waals surface area contributed by atoms with E-state index >= 15 is 0 Å². The number of aryl methyl sites for hydroxylation is 1. The van der Waals surface area contributed by atoms with E-state index in [0.29, 0.717) is 10.6 Å². The number of carboxylic acid groups (broad SMARTS) is 1. The third kappa shape index (κ3) is 5.21. The zero-order valence-electron chi connectivity index (χ0n) is 17.8. The number of aliphatic imine (C=N–C) groups is 1. The van der Waals surface area contributed by atoms with Crippen molar-refractivity contribution in [3.8, 4) is 11.8 Å². The van der Waals surface area contributed by atoms with Crippen LogP contribution in [0.4, 0.5) is 0 Å². The molecule has 2 unspecified atom stereocenters. The molecule has 0 bridgehead atoms. The van der Waals surface area contributed by atoms with Gasteiger partial charge in [0.05, 0.1) is 16.6 Å². The van der Waals surface area contributed by atoms with E-state index in [2.05, 4.69) is 4.99 Å². The highest BCUT2D eigenvalue weighted by atomic mass is 32.2. The molecule has 1 aliphatic heterocycles. The molecular weight excluding hydrogens is 442 g/mol. The molecule has 0 spiro atoms. The Balaban J connectivity index is 2.81. The smallest absolute Gasteiger partial charge is 0.352 e. The minimum Gasteiger partial charge on any atom is -0.481 e. The molecule has 0 amide bonds. The van der Waals surface area contributed by atoms with Crippen molar-refractivity contribution in [2.24, 2.45) is 22.7 Å². The summed E-state index contributed by atoms with van der Waals surface area (Å²) in [5.41, 5.74) is -2.60. The Hall–Kier alpha value is -3.50. The molecule has 0 saturated carbocycles. The van der Waals surface area contributed by atoms with Crippen LogP contribution in [0.25, 0.3) is 0 Å². The molecule has 12 nitrogen and oxygen atoms in total. The van der Waals surface area contributed by atoms with Gasteiger partial charge < -0.3 is 9.84 Å². The van der Waals surface area contributed by atoms with Gasteiger partial charge in [0.15, 0.2) is 9.84 Å². The van der Waals surface area contributed by atoms with E-state index < -0.39 is 49.4 Å². The molecule has 0 radical (unpaired) electrons. The first-order valence-corrected chi connectivity index (χ1v) is 11.3. The van der Waals surface area contributed by atoms with E-state index in [-0.39, 0.29) is 23.7 Å². The lowest BCUT2D eigenvalue weighted by molar-refractivity contribution is -0.420. The number of aliphatic carboxylic acids is 1. The van der Waals surface area contributed by atoms with Gasteiger partial charge in [-0.3, -0.25) is 14.9 Å². The molecule has 0 aromatic heterocycles.